The van der Waals surface area contributed by atoms with E-state index in [0.29, 0.717) is 50.4 Å². The first-order valence-corrected chi connectivity index (χ1v) is 10.4. The van der Waals surface area contributed by atoms with Crippen LogP contribution in [0.25, 0.3) is 0 Å². The standard InChI is InChI=1S/C20H21N3O4S/c21-15-17-2-1-3-18(14-17)20(24)22-9-8-16-4-6-19(7-5-16)28(25,26)23-10-12-27-13-11-23/h1-7,14H,8-13H2,(H,22,24). The van der Waals surface area contributed by atoms with E-state index in [4.69, 9.17) is 10.00 Å². The van der Waals surface area contributed by atoms with E-state index in [-0.39, 0.29) is 10.8 Å². The summed E-state index contributed by atoms with van der Waals surface area (Å²) in [6.07, 6.45) is 0.571. The fourth-order valence-corrected chi connectivity index (χ4v) is 4.32. The lowest BCUT2D eigenvalue weighted by Crippen LogP contribution is -2.40. The summed E-state index contributed by atoms with van der Waals surface area (Å²) in [5.74, 6) is -0.247. The van der Waals surface area contributed by atoms with Crippen LogP contribution < -0.4 is 5.32 Å². The number of sulfonamides is 1. The number of benzene rings is 2. The second kappa shape index (κ2) is 8.97. The lowest BCUT2D eigenvalue weighted by molar-refractivity contribution is 0.0730. The second-order valence-corrected chi connectivity index (χ2v) is 8.30. The third-order valence-corrected chi connectivity index (χ3v) is 6.40. The molecule has 0 unspecified atom stereocenters. The van der Waals surface area contributed by atoms with E-state index in [2.05, 4.69) is 5.32 Å². The first-order valence-electron chi connectivity index (χ1n) is 8.96. The Kier molecular flexibility index (Phi) is 6.41. The maximum absolute atomic E-state index is 12.6. The van der Waals surface area contributed by atoms with E-state index in [9.17, 15) is 13.2 Å². The monoisotopic (exact) mass is 399 g/mol. The highest BCUT2D eigenvalue weighted by Crippen LogP contribution is 2.17. The molecule has 2 aromatic carbocycles. The van der Waals surface area contributed by atoms with Crippen molar-refractivity contribution < 1.29 is 17.9 Å². The lowest BCUT2D eigenvalue weighted by atomic mass is 10.1. The number of ether oxygens (including phenoxy) is 1. The number of nitrogens with one attached hydrogen (secondary N) is 1. The molecule has 1 heterocycles. The zero-order valence-electron chi connectivity index (χ0n) is 15.3. The van der Waals surface area contributed by atoms with E-state index >= 15 is 0 Å². The highest BCUT2D eigenvalue weighted by Gasteiger charge is 2.26. The number of rotatable bonds is 6. The molecule has 8 heteroatoms. The fraction of sp³-hybridized carbons (Fsp3) is 0.300. The minimum absolute atomic E-state index is 0.247. The summed E-state index contributed by atoms with van der Waals surface area (Å²) in [7, 11) is -3.50. The molecule has 0 bridgehead atoms. The summed E-state index contributed by atoms with van der Waals surface area (Å²) >= 11 is 0. The van der Waals surface area contributed by atoms with Crippen molar-refractivity contribution in [3.8, 4) is 6.07 Å². The SMILES string of the molecule is N#Cc1cccc(C(=O)NCCc2ccc(S(=O)(=O)N3CCOCC3)cc2)c1. The molecule has 3 rings (SSSR count). The van der Waals surface area contributed by atoms with Gasteiger partial charge in [0.2, 0.25) is 10.0 Å². The van der Waals surface area contributed by atoms with E-state index < -0.39 is 10.0 Å². The fourth-order valence-electron chi connectivity index (χ4n) is 2.92. The van der Waals surface area contributed by atoms with Gasteiger partial charge in [0.1, 0.15) is 0 Å². The molecule has 1 aliphatic rings. The van der Waals surface area contributed by atoms with Crippen molar-refractivity contribution in [2.45, 2.75) is 11.3 Å². The van der Waals surface area contributed by atoms with Crippen LogP contribution in [-0.2, 0) is 21.2 Å². The average molecular weight is 399 g/mol. The molecule has 1 amide bonds. The minimum atomic E-state index is -3.50. The van der Waals surface area contributed by atoms with Gasteiger partial charge in [-0.05, 0) is 42.3 Å². The van der Waals surface area contributed by atoms with Crippen LogP contribution >= 0.6 is 0 Å². The Morgan fingerprint density at radius 3 is 2.54 bits per heavy atom. The van der Waals surface area contributed by atoms with Crippen molar-refractivity contribution in [3.05, 3.63) is 65.2 Å². The average Bonchev–Trinajstić information content (AvgIpc) is 2.74. The second-order valence-electron chi connectivity index (χ2n) is 6.36. The maximum Gasteiger partial charge on any atom is 0.251 e. The molecule has 28 heavy (non-hydrogen) atoms. The topological polar surface area (TPSA) is 99.5 Å². The van der Waals surface area contributed by atoms with E-state index in [1.165, 1.54) is 4.31 Å². The van der Waals surface area contributed by atoms with Gasteiger partial charge in [-0.3, -0.25) is 4.79 Å². The summed E-state index contributed by atoms with van der Waals surface area (Å²) < 4.78 is 31.8. The number of amides is 1. The molecule has 7 nitrogen and oxygen atoms in total. The van der Waals surface area contributed by atoms with E-state index in [1.54, 1.807) is 48.5 Å². The van der Waals surface area contributed by atoms with Crippen molar-refractivity contribution in [1.29, 1.82) is 5.26 Å². The van der Waals surface area contributed by atoms with Gasteiger partial charge in [0.15, 0.2) is 0 Å². The van der Waals surface area contributed by atoms with Crippen LogP contribution in [0.3, 0.4) is 0 Å². The van der Waals surface area contributed by atoms with Crippen molar-refractivity contribution in [3.63, 3.8) is 0 Å². The third-order valence-electron chi connectivity index (χ3n) is 4.48. The molecule has 1 saturated heterocycles. The molecule has 1 N–H and O–H groups in total. The number of hydrogen-bond donors (Lipinski definition) is 1. The van der Waals surface area contributed by atoms with Crippen LogP contribution in [0.2, 0.25) is 0 Å². The molecule has 2 aromatic rings. The molecule has 1 fully saturated rings. The summed E-state index contributed by atoms with van der Waals surface area (Å²) in [5.41, 5.74) is 1.79. The van der Waals surface area contributed by atoms with Gasteiger partial charge in [-0.1, -0.05) is 18.2 Å². The van der Waals surface area contributed by atoms with Crippen LogP contribution in [0.4, 0.5) is 0 Å². The molecule has 1 aliphatic heterocycles. The number of morpholine rings is 1. The molecule has 0 aliphatic carbocycles. The van der Waals surface area contributed by atoms with Crippen LogP contribution in [0.15, 0.2) is 53.4 Å². The number of nitrogens with zero attached hydrogens (tertiary/aromatic N) is 2. The molecule has 146 valence electrons. The maximum atomic E-state index is 12.6. The van der Waals surface area contributed by atoms with Gasteiger partial charge in [0.25, 0.3) is 5.91 Å². The predicted octanol–water partition coefficient (Wildman–Crippen LogP) is 1.55. The van der Waals surface area contributed by atoms with Gasteiger partial charge in [-0.2, -0.15) is 9.57 Å². The summed E-state index contributed by atoms with van der Waals surface area (Å²) in [6, 6.07) is 15.2. The Hall–Kier alpha value is -2.73. The van der Waals surface area contributed by atoms with Crippen LogP contribution in [0.1, 0.15) is 21.5 Å². The van der Waals surface area contributed by atoms with Crippen molar-refractivity contribution in [1.82, 2.24) is 9.62 Å². The number of hydrogen-bond acceptors (Lipinski definition) is 5. The first kappa shape index (κ1) is 20.0. The molecular weight excluding hydrogens is 378 g/mol. The zero-order valence-corrected chi connectivity index (χ0v) is 16.1. The predicted molar refractivity (Wildman–Crippen MR) is 103 cm³/mol. The molecule has 0 radical (unpaired) electrons. The quantitative estimate of drug-likeness (QED) is 0.795. The third kappa shape index (κ3) is 4.75. The van der Waals surface area contributed by atoms with E-state index in [0.717, 1.165) is 5.56 Å². The molecule has 0 atom stereocenters. The Balaban J connectivity index is 1.56. The lowest BCUT2D eigenvalue weighted by Gasteiger charge is -2.26. The smallest absolute Gasteiger partial charge is 0.251 e. The van der Waals surface area contributed by atoms with Crippen LogP contribution in [0, 0.1) is 11.3 Å². The van der Waals surface area contributed by atoms with Crippen LogP contribution in [0.5, 0.6) is 0 Å². The Bertz CT molecular complexity index is 975. The van der Waals surface area contributed by atoms with Crippen molar-refractivity contribution in [2.75, 3.05) is 32.8 Å². The van der Waals surface area contributed by atoms with Crippen molar-refractivity contribution >= 4 is 15.9 Å². The summed E-state index contributed by atoms with van der Waals surface area (Å²) in [5, 5.41) is 11.7. The zero-order chi connectivity index (χ0) is 20.0. The summed E-state index contributed by atoms with van der Waals surface area (Å²) in [6.45, 7) is 1.96. The number of nitriles is 1. The highest BCUT2D eigenvalue weighted by molar-refractivity contribution is 7.89. The van der Waals surface area contributed by atoms with Gasteiger partial charge >= 0.3 is 0 Å². The molecular formula is C20H21N3O4S. The van der Waals surface area contributed by atoms with Gasteiger partial charge in [0, 0.05) is 25.2 Å². The van der Waals surface area contributed by atoms with Gasteiger partial charge in [0.05, 0.1) is 29.7 Å². The summed E-state index contributed by atoms with van der Waals surface area (Å²) in [4.78, 5) is 12.4. The highest BCUT2D eigenvalue weighted by atomic mass is 32.2. The molecule has 0 spiro atoms. The largest absolute Gasteiger partial charge is 0.379 e. The van der Waals surface area contributed by atoms with Gasteiger partial charge < -0.3 is 10.1 Å². The number of carbonyl (C=O) groups excluding carboxylic acids is 1. The van der Waals surface area contributed by atoms with Crippen molar-refractivity contribution in [2.24, 2.45) is 0 Å². The van der Waals surface area contributed by atoms with Gasteiger partial charge in [-0.25, -0.2) is 8.42 Å². The normalized spacial score (nSPS) is 15.0. The number of carbonyl (C=O) groups is 1. The van der Waals surface area contributed by atoms with Crippen LogP contribution in [-0.4, -0.2) is 51.5 Å². The molecule has 0 aromatic heterocycles. The Labute approximate surface area is 164 Å². The molecule has 0 saturated carbocycles. The first-order chi connectivity index (χ1) is 13.5. The van der Waals surface area contributed by atoms with E-state index in [1.807, 2.05) is 6.07 Å². The minimum Gasteiger partial charge on any atom is -0.379 e. The Morgan fingerprint density at radius 2 is 1.86 bits per heavy atom. The van der Waals surface area contributed by atoms with Gasteiger partial charge in [-0.15, -0.1) is 0 Å². The Morgan fingerprint density at radius 1 is 1.14 bits per heavy atom.